The van der Waals surface area contributed by atoms with Gasteiger partial charge in [0.05, 0.1) is 5.75 Å². The Bertz CT molecular complexity index is 373. The van der Waals surface area contributed by atoms with E-state index >= 15 is 0 Å². The van der Waals surface area contributed by atoms with Crippen molar-refractivity contribution in [1.29, 1.82) is 0 Å². The summed E-state index contributed by atoms with van der Waals surface area (Å²) in [5, 5.41) is 0. The van der Waals surface area contributed by atoms with Gasteiger partial charge in [0.25, 0.3) is 0 Å². The van der Waals surface area contributed by atoms with Crippen LogP contribution in [0.5, 0.6) is 0 Å². The van der Waals surface area contributed by atoms with Gasteiger partial charge in [-0.05, 0) is 51.9 Å². The van der Waals surface area contributed by atoms with E-state index in [-0.39, 0.29) is 5.75 Å². The second-order valence-corrected chi connectivity index (χ2v) is 8.43. The molecule has 1 atom stereocenters. The minimum Gasteiger partial charge on any atom is -0.330 e. The lowest BCUT2D eigenvalue weighted by atomic mass is 10.1. The zero-order valence-electron chi connectivity index (χ0n) is 13.8. The van der Waals surface area contributed by atoms with Crippen molar-refractivity contribution < 1.29 is 8.42 Å². The fraction of sp³-hybridized carbons (Fsp3) is 1.00. The molecule has 0 saturated carbocycles. The van der Waals surface area contributed by atoms with Crippen LogP contribution < -0.4 is 5.73 Å². The molecule has 0 spiro atoms. The summed E-state index contributed by atoms with van der Waals surface area (Å²) >= 11 is 0. The summed E-state index contributed by atoms with van der Waals surface area (Å²) in [6.07, 6.45) is 4.16. The van der Waals surface area contributed by atoms with Crippen LogP contribution in [0.1, 0.15) is 39.5 Å². The number of hydrogen-bond acceptors (Lipinski definition) is 5. The summed E-state index contributed by atoms with van der Waals surface area (Å²) < 4.78 is 23.0. The molecule has 1 fully saturated rings. The van der Waals surface area contributed by atoms with Crippen LogP contribution in [-0.2, 0) is 9.84 Å². The molecule has 2 N–H and O–H groups in total. The average Bonchev–Trinajstić information content (AvgIpc) is 2.70. The highest BCUT2D eigenvalue weighted by molar-refractivity contribution is 7.91. The molecular formula is C15H33N3O2S. The summed E-state index contributed by atoms with van der Waals surface area (Å²) in [5.41, 5.74) is 5.70. The second-order valence-electron chi connectivity index (χ2n) is 5.96. The highest BCUT2D eigenvalue weighted by Gasteiger charge is 2.20. The fourth-order valence-corrected chi connectivity index (χ4v) is 3.93. The first-order chi connectivity index (χ1) is 10.0. The lowest BCUT2D eigenvalue weighted by Gasteiger charge is -2.29. The van der Waals surface area contributed by atoms with E-state index in [0.29, 0.717) is 11.8 Å². The molecule has 1 rings (SSSR count). The van der Waals surface area contributed by atoms with Crippen molar-refractivity contribution in [2.24, 2.45) is 5.73 Å². The second kappa shape index (κ2) is 9.77. The Morgan fingerprint density at radius 2 is 1.90 bits per heavy atom. The predicted molar refractivity (Wildman–Crippen MR) is 89.3 cm³/mol. The third-order valence-electron chi connectivity index (χ3n) is 4.48. The van der Waals surface area contributed by atoms with Gasteiger partial charge in [0.1, 0.15) is 9.84 Å². The Balaban J connectivity index is 2.35. The third kappa shape index (κ3) is 7.08. The third-order valence-corrected chi connectivity index (χ3v) is 6.27. The normalized spacial score (nSPS) is 20.3. The molecule has 1 heterocycles. The monoisotopic (exact) mass is 319 g/mol. The number of sulfone groups is 1. The van der Waals surface area contributed by atoms with E-state index in [1.807, 2.05) is 0 Å². The van der Waals surface area contributed by atoms with E-state index in [4.69, 9.17) is 5.73 Å². The molecule has 0 aromatic heterocycles. The van der Waals surface area contributed by atoms with Gasteiger partial charge in [0, 0.05) is 24.9 Å². The van der Waals surface area contributed by atoms with Gasteiger partial charge in [-0.2, -0.15) is 0 Å². The largest absolute Gasteiger partial charge is 0.330 e. The average molecular weight is 320 g/mol. The van der Waals surface area contributed by atoms with E-state index in [0.717, 1.165) is 58.5 Å². The van der Waals surface area contributed by atoms with Gasteiger partial charge in [0.2, 0.25) is 0 Å². The number of rotatable bonds is 9. The van der Waals surface area contributed by atoms with Crippen LogP contribution in [0.15, 0.2) is 0 Å². The molecule has 0 aromatic rings. The van der Waals surface area contributed by atoms with Crippen LogP contribution >= 0.6 is 0 Å². The minimum absolute atomic E-state index is 0.262. The van der Waals surface area contributed by atoms with Crippen LogP contribution in [0.4, 0.5) is 0 Å². The molecule has 5 nitrogen and oxygen atoms in total. The van der Waals surface area contributed by atoms with E-state index in [9.17, 15) is 8.42 Å². The number of nitrogens with two attached hydrogens (primary N) is 1. The highest BCUT2D eigenvalue weighted by Crippen LogP contribution is 2.12. The van der Waals surface area contributed by atoms with Crippen LogP contribution in [0, 0.1) is 0 Å². The fourth-order valence-electron chi connectivity index (χ4n) is 3.07. The van der Waals surface area contributed by atoms with Crippen molar-refractivity contribution in [2.45, 2.75) is 45.6 Å². The molecule has 126 valence electrons. The van der Waals surface area contributed by atoms with Crippen molar-refractivity contribution >= 4 is 9.84 Å². The Morgan fingerprint density at radius 3 is 2.52 bits per heavy atom. The zero-order valence-corrected chi connectivity index (χ0v) is 14.6. The maximum atomic E-state index is 11.5. The molecule has 0 bridgehead atoms. The molecule has 0 aromatic carbocycles. The standard InChI is InChI=1S/C15H33N3O2S/c1-3-15(7-8-16)18-11-5-9-17(12-13-18)10-6-14-21(19,20)4-2/h15H,3-14,16H2,1-2H3. The smallest absolute Gasteiger partial charge is 0.150 e. The maximum absolute atomic E-state index is 11.5. The van der Waals surface area contributed by atoms with E-state index in [1.165, 1.54) is 6.42 Å². The van der Waals surface area contributed by atoms with E-state index in [2.05, 4.69) is 16.7 Å². The van der Waals surface area contributed by atoms with Crippen molar-refractivity contribution in [1.82, 2.24) is 9.80 Å². The number of hydrogen-bond donors (Lipinski definition) is 1. The molecule has 0 radical (unpaired) electrons. The van der Waals surface area contributed by atoms with Crippen molar-refractivity contribution in [3.63, 3.8) is 0 Å². The Hall–Kier alpha value is -0.170. The van der Waals surface area contributed by atoms with Crippen LogP contribution in [0.25, 0.3) is 0 Å². The molecule has 1 aliphatic heterocycles. The summed E-state index contributed by atoms with van der Waals surface area (Å²) in [6.45, 7) is 9.98. The first-order valence-electron chi connectivity index (χ1n) is 8.39. The van der Waals surface area contributed by atoms with Gasteiger partial charge in [-0.1, -0.05) is 13.8 Å². The van der Waals surface area contributed by atoms with Gasteiger partial charge in [-0.3, -0.25) is 4.90 Å². The molecule has 1 aliphatic rings. The number of nitrogens with zero attached hydrogens (tertiary/aromatic N) is 2. The Morgan fingerprint density at radius 1 is 1.14 bits per heavy atom. The first kappa shape index (κ1) is 18.9. The summed E-state index contributed by atoms with van der Waals surface area (Å²) in [5.74, 6) is 0.590. The van der Waals surface area contributed by atoms with Crippen LogP contribution in [-0.4, -0.2) is 75.0 Å². The molecule has 0 amide bonds. The predicted octanol–water partition coefficient (Wildman–Crippen LogP) is 0.946. The van der Waals surface area contributed by atoms with Gasteiger partial charge < -0.3 is 10.6 Å². The SMILES string of the molecule is CCC(CCN)N1CCCN(CCCS(=O)(=O)CC)CC1. The minimum atomic E-state index is -2.82. The maximum Gasteiger partial charge on any atom is 0.150 e. The lowest BCUT2D eigenvalue weighted by Crippen LogP contribution is -2.39. The lowest BCUT2D eigenvalue weighted by molar-refractivity contribution is 0.185. The molecule has 21 heavy (non-hydrogen) atoms. The molecule has 0 aliphatic carbocycles. The van der Waals surface area contributed by atoms with Crippen molar-refractivity contribution in [2.75, 3.05) is 50.8 Å². The van der Waals surface area contributed by atoms with Crippen molar-refractivity contribution in [3.8, 4) is 0 Å². The van der Waals surface area contributed by atoms with Crippen molar-refractivity contribution in [3.05, 3.63) is 0 Å². The van der Waals surface area contributed by atoms with Gasteiger partial charge >= 0.3 is 0 Å². The topological polar surface area (TPSA) is 66.6 Å². The quantitative estimate of drug-likeness (QED) is 0.685. The summed E-state index contributed by atoms with van der Waals surface area (Å²) in [7, 11) is -2.82. The Labute approximate surface area is 130 Å². The van der Waals surface area contributed by atoms with Crippen LogP contribution in [0.3, 0.4) is 0 Å². The van der Waals surface area contributed by atoms with Crippen LogP contribution in [0.2, 0.25) is 0 Å². The zero-order chi connectivity index (χ0) is 15.7. The summed E-state index contributed by atoms with van der Waals surface area (Å²) in [4.78, 5) is 4.98. The van der Waals surface area contributed by atoms with Gasteiger partial charge in [-0.15, -0.1) is 0 Å². The molecule has 1 unspecified atom stereocenters. The molecular weight excluding hydrogens is 286 g/mol. The van der Waals surface area contributed by atoms with E-state index in [1.54, 1.807) is 6.92 Å². The molecule has 1 saturated heterocycles. The highest BCUT2D eigenvalue weighted by atomic mass is 32.2. The van der Waals surface area contributed by atoms with E-state index < -0.39 is 9.84 Å². The van der Waals surface area contributed by atoms with Gasteiger partial charge in [0.15, 0.2) is 0 Å². The summed E-state index contributed by atoms with van der Waals surface area (Å²) in [6, 6.07) is 0.607. The molecule has 6 heteroatoms. The Kier molecular flexibility index (Phi) is 8.78. The van der Waals surface area contributed by atoms with Gasteiger partial charge in [-0.25, -0.2) is 8.42 Å². The first-order valence-corrected chi connectivity index (χ1v) is 10.2.